The van der Waals surface area contributed by atoms with Gasteiger partial charge in [-0.05, 0) is 18.3 Å². The SMILES string of the molecule is CCCCC[C@H](C)CC(=O)OCCC(C)C. The van der Waals surface area contributed by atoms with Crippen molar-refractivity contribution in [3.8, 4) is 0 Å². The van der Waals surface area contributed by atoms with E-state index in [1.54, 1.807) is 0 Å². The Morgan fingerprint density at radius 1 is 1.12 bits per heavy atom. The maximum atomic E-state index is 11.4. The molecule has 0 aliphatic carbocycles. The molecule has 16 heavy (non-hydrogen) atoms. The number of carbonyl (C=O) groups is 1. The van der Waals surface area contributed by atoms with Crippen LogP contribution < -0.4 is 0 Å². The van der Waals surface area contributed by atoms with Crippen molar-refractivity contribution in [1.29, 1.82) is 0 Å². The van der Waals surface area contributed by atoms with Crippen LogP contribution in [0.15, 0.2) is 0 Å². The zero-order valence-corrected chi connectivity index (χ0v) is 11.4. The van der Waals surface area contributed by atoms with Crippen LogP contribution >= 0.6 is 0 Å². The first-order valence-corrected chi connectivity index (χ1v) is 6.71. The second-order valence-corrected chi connectivity index (χ2v) is 5.21. The molecular weight excluding hydrogens is 200 g/mol. The topological polar surface area (TPSA) is 26.3 Å². The highest BCUT2D eigenvalue weighted by atomic mass is 16.5. The second-order valence-electron chi connectivity index (χ2n) is 5.21. The third-order valence-corrected chi connectivity index (χ3v) is 2.77. The van der Waals surface area contributed by atoms with Gasteiger partial charge in [-0.2, -0.15) is 0 Å². The standard InChI is InChI=1S/C14H28O2/c1-5-6-7-8-13(4)11-14(15)16-10-9-12(2)3/h12-13H,5-11H2,1-4H3/t13-/m0/s1. The van der Waals surface area contributed by atoms with Crippen LogP contribution in [-0.2, 0) is 9.53 Å². The molecule has 0 radical (unpaired) electrons. The number of carbonyl (C=O) groups excluding carboxylic acids is 1. The van der Waals surface area contributed by atoms with Gasteiger partial charge in [-0.3, -0.25) is 4.79 Å². The Hall–Kier alpha value is -0.530. The van der Waals surface area contributed by atoms with Crippen molar-refractivity contribution in [3.63, 3.8) is 0 Å². The Kier molecular flexibility index (Phi) is 9.36. The van der Waals surface area contributed by atoms with Crippen molar-refractivity contribution in [2.24, 2.45) is 11.8 Å². The van der Waals surface area contributed by atoms with Gasteiger partial charge in [-0.1, -0.05) is 53.4 Å². The predicted octanol–water partition coefficient (Wildman–Crippen LogP) is 4.18. The molecule has 0 heterocycles. The van der Waals surface area contributed by atoms with E-state index in [2.05, 4.69) is 27.7 Å². The summed E-state index contributed by atoms with van der Waals surface area (Å²) in [4.78, 5) is 11.4. The van der Waals surface area contributed by atoms with Gasteiger partial charge in [-0.25, -0.2) is 0 Å². The number of rotatable bonds is 9. The molecule has 2 nitrogen and oxygen atoms in total. The molecule has 0 aliphatic heterocycles. The van der Waals surface area contributed by atoms with Crippen LogP contribution in [0.2, 0.25) is 0 Å². The molecule has 2 heteroatoms. The van der Waals surface area contributed by atoms with Crippen molar-refractivity contribution in [2.45, 2.75) is 66.2 Å². The van der Waals surface area contributed by atoms with Gasteiger partial charge >= 0.3 is 5.97 Å². The monoisotopic (exact) mass is 228 g/mol. The molecule has 0 amide bonds. The van der Waals surface area contributed by atoms with Gasteiger partial charge in [0, 0.05) is 6.42 Å². The number of hydrogen-bond acceptors (Lipinski definition) is 2. The van der Waals surface area contributed by atoms with E-state index >= 15 is 0 Å². The van der Waals surface area contributed by atoms with Crippen LogP contribution in [0, 0.1) is 11.8 Å². The van der Waals surface area contributed by atoms with E-state index in [4.69, 9.17) is 4.74 Å². The second kappa shape index (κ2) is 9.68. The molecular formula is C14H28O2. The molecule has 1 atom stereocenters. The summed E-state index contributed by atoms with van der Waals surface area (Å²) in [5.74, 6) is 1.05. The maximum absolute atomic E-state index is 11.4. The first-order valence-electron chi connectivity index (χ1n) is 6.71. The average molecular weight is 228 g/mol. The molecule has 0 fully saturated rings. The lowest BCUT2D eigenvalue weighted by molar-refractivity contribution is -0.145. The molecule has 0 saturated heterocycles. The van der Waals surface area contributed by atoms with E-state index in [9.17, 15) is 4.79 Å². The zero-order chi connectivity index (χ0) is 12.4. The lowest BCUT2D eigenvalue weighted by Crippen LogP contribution is -2.11. The molecule has 0 spiro atoms. The minimum absolute atomic E-state index is 0.0235. The van der Waals surface area contributed by atoms with Gasteiger partial charge in [0.25, 0.3) is 0 Å². The van der Waals surface area contributed by atoms with Crippen LogP contribution in [0.4, 0.5) is 0 Å². The molecule has 0 aromatic rings. The van der Waals surface area contributed by atoms with Gasteiger partial charge < -0.3 is 4.74 Å². The van der Waals surface area contributed by atoms with E-state index in [1.165, 1.54) is 19.3 Å². The molecule has 0 aliphatic rings. The van der Waals surface area contributed by atoms with Crippen molar-refractivity contribution < 1.29 is 9.53 Å². The molecule has 0 rings (SSSR count). The lowest BCUT2D eigenvalue weighted by Gasteiger charge is -2.11. The predicted molar refractivity (Wildman–Crippen MR) is 68.3 cm³/mol. The quantitative estimate of drug-likeness (QED) is 0.437. The third-order valence-electron chi connectivity index (χ3n) is 2.77. The summed E-state index contributed by atoms with van der Waals surface area (Å²) in [6.07, 6.45) is 6.44. The molecule has 0 saturated carbocycles. The first kappa shape index (κ1) is 15.5. The van der Waals surface area contributed by atoms with Crippen LogP contribution in [0.1, 0.15) is 66.2 Å². The fraction of sp³-hybridized carbons (Fsp3) is 0.929. The van der Waals surface area contributed by atoms with E-state index in [-0.39, 0.29) is 5.97 Å². The van der Waals surface area contributed by atoms with Crippen LogP contribution in [-0.4, -0.2) is 12.6 Å². The molecule has 0 unspecified atom stereocenters. The van der Waals surface area contributed by atoms with Gasteiger partial charge in [0.15, 0.2) is 0 Å². The molecule has 0 bridgehead atoms. The molecule has 0 aromatic heterocycles. The normalized spacial score (nSPS) is 12.8. The highest BCUT2D eigenvalue weighted by Gasteiger charge is 2.10. The van der Waals surface area contributed by atoms with Crippen molar-refractivity contribution in [3.05, 3.63) is 0 Å². The van der Waals surface area contributed by atoms with Crippen molar-refractivity contribution >= 4 is 5.97 Å². The summed E-state index contributed by atoms with van der Waals surface area (Å²) in [6, 6.07) is 0. The Labute approximate surface area is 101 Å². The number of unbranched alkanes of at least 4 members (excludes halogenated alkanes) is 2. The van der Waals surface area contributed by atoms with E-state index < -0.39 is 0 Å². The summed E-state index contributed by atoms with van der Waals surface area (Å²) >= 11 is 0. The van der Waals surface area contributed by atoms with Gasteiger partial charge in [0.2, 0.25) is 0 Å². The molecule has 96 valence electrons. The summed E-state index contributed by atoms with van der Waals surface area (Å²) in [7, 11) is 0. The Morgan fingerprint density at radius 3 is 2.38 bits per heavy atom. The van der Waals surface area contributed by atoms with E-state index in [1.807, 2.05) is 0 Å². The minimum atomic E-state index is -0.0235. The molecule has 0 aromatic carbocycles. The summed E-state index contributed by atoms with van der Waals surface area (Å²) in [6.45, 7) is 9.20. The smallest absolute Gasteiger partial charge is 0.306 e. The number of esters is 1. The largest absolute Gasteiger partial charge is 0.466 e. The average Bonchev–Trinajstić information content (AvgIpc) is 2.17. The Balaban J connectivity index is 3.46. The first-order chi connectivity index (χ1) is 7.56. The third kappa shape index (κ3) is 10.0. The van der Waals surface area contributed by atoms with Crippen molar-refractivity contribution in [1.82, 2.24) is 0 Å². The Morgan fingerprint density at radius 2 is 1.81 bits per heavy atom. The van der Waals surface area contributed by atoms with E-state index in [0.29, 0.717) is 24.9 Å². The highest BCUT2D eigenvalue weighted by Crippen LogP contribution is 2.13. The summed E-state index contributed by atoms with van der Waals surface area (Å²) in [5, 5.41) is 0. The van der Waals surface area contributed by atoms with Crippen LogP contribution in [0.25, 0.3) is 0 Å². The summed E-state index contributed by atoms with van der Waals surface area (Å²) < 4.78 is 5.19. The van der Waals surface area contributed by atoms with Crippen LogP contribution in [0.5, 0.6) is 0 Å². The van der Waals surface area contributed by atoms with Gasteiger partial charge in [0.05, 0.1) is 6.61 Å². The Bertz CT molecular complexity index is 176. The van der Waals surface area contributed by atoms with E-state index in [0.717, 1.165) is 12.8 Å². The molecule has 0 N–H and O–H groups in total. The highest BCUT2D eigenvalue weighted by molar-refractivity contribution is 5.69. The number of ether oxygens (including phenoxy) is 1. The fourth-order valence-electron chi connectivity index (χ4n) is 1.60. The lowest BCUT2D eigenvalue weighted by atomic mass is 10.0. The fourth-order valence-corrected chi connectivity index (χ4v) is 1.60. The van der Waals surface area contributed by atoms with Crippen LogP contribution in [0.3, 0.4) is 0 Å². The number of hydrogen-bond donors (Lipinski definition) is 0. The summed E-state index contributed by atoms with van der Waals surface area (Å²) in [5.41, 5.74) is 0. The zero-order valence-electron chi connectivity index (χ0n) is 11.4. The van der Waals surface area contributed by atoms with Gasteiger partial charge in [0.1, 0.15) is 0 Å². The van der Waals surface area contributed by atoms with Crippen molar-refractivity contribution in [2.75, 3.05) is 6.61 Å². The van der Waals surface area contributed by atoms with Gasteiger partial charge in [-0.15, -0.1) is 0 Å². The maximum Gasteiger partial charge on any atom is 0.306 e. The minimum Gasteiger partial charge on any atom is -0.466 e.